The van der Waals surface area contributed by atoms with Gasteiger partial charge in [-0.3, -0.25) is 0 Å². The summed E-state index contributed by atoms with van der Waals surface area (Å²) in [5.74, 6) is 1.79. The molecule has 6 nitrogen and oxygen atoms in total. The summed E-state index contributed by atoms with van der Waals surface area (Å²) in [7, 11) is 1.93. The molecule has 0 amide bonds. The molecule has 7 heteroatoms. The fourth-order valence-corrected chi connectivity index (χ4v) is 4.39. The highest BCUT2D eigenvalue weighted by molar-refractivity contribution is 9.10. The summed E-state index contributed by atoms with van der Waals surface area (Å²) in [5, 5.41) is 10.9. The molecule has 1 aliphatic carbocycles. The van der Waals surface area contributed by atoms with Gasteiger partial charge in [0.2, 0.25) is 0 Å². The molecule has 0 bridgehead atoms. The van der Waals surface area contributed by atoms with Crippen molar-refractivity contribution < 1.29 is 4.79 Å². The number of benzene rings is 1. The lowest BCUT2D eigenvalue weighted by Gasteiger charge is -2.13. The topological polar surface area (TPSA) is 71.3 Å². The van der Waals surface area contributed by atoms with Crippen molar-refractivity contribution in [1.29, 1.82) is 0 Å². The first-order valence-corrected chi connectivity index (χ1v) is 14.1. The molecule has 1 aromatic heterocycles. The van der Waals surface area contributed by atoms with Gasteiger partial charge in [-0.05, 0) is 90.7 Å². The molecule has 3 rings (SSSR count). The van der Waals surface area contributed by atoms with Crippen LogP contribution >= 0.6 is 15.9 Å². The molecule has 38 heavy (non-hydrogen) atoms. The number of hydrogen-bond donors (Lipinski definition) is 2. The highest BCUT2D eigenvalue weighted by atomic mass is 79.9. The number of hydrogen-bond acceptors (Lipinski definition) is 5. The number of allylic oxidation sites excluding steroid dienone is 6. The Labute approximate surface area is 237 Å². The lowest BCUT2D eigenvalue weighted by atomic mass is 10.1. The normalized spacial score (nSPS) is 16.8. The predicted molar refractivity (Wildman–Crippen MR) is 167 cm³/mol. The summed E-state index contributed by atoms with van der Waals surface area (Å²) in [5.41, 5.74) is 5.19. The first-order valence-electron chi connectivity index (χ1n) is 13.3. The first kappa shape index (κ1) is 33.0. The number of carbonyl (C=O) groups excluding carboxylic acids is 1. The van der Waals surface area contributed by atoms with E-state index < -0.39 is 0 Å². The molecule has 1 fully saturated rings. The van der Waals surface area contributed by atoms with E-state index in [1.807, 2.05) is 27.0 Å². The number of aryl methyl sites for hydroxylation is 1. The van der Waals surface area contributed by atoms with Crippen molar-refractivity contribution in [2.24, 2.45) is 10.9 Å². The molecule has 0 aliphatic heterocycles. The monoisotopic (exact) mass is 581 g/mol. The Morgan fingerprint density at radius 2 is 1.95 bits per heavy atom. The Balaban J connectivity index is 0.000000408. The van der Waals surface area contributed by atoms with E-state index in [9.17, 15) is 4.79 Å². The lowest BCUT2D eigenvalue weighted by Crippen LogP contribution is -2.26. The number of aldehydes is 1. The van der Waals surface area contributed by atoms with Gasteiger partial charge in [-0.15, -0.1) is 0 Å². The minimum Gasteiger partial charge on any atom is -0.369 e. The van der Waals surface area contributed by atoms with Crippen LogP contribution in [0.5, 0.6) is 0 Å². The largest absolute Gasteiger partial charge is 0.369 e. The number of aromatic nitrogens is 2. The Morgan fingerprint density at radius 3 is 2.55 bits per heavy atom. The summed E-state index contributed by atoms with van der Waals surface area (Å²) in [6, 6.07) is 8.38. The molecule has 206 valence electrons. The molecule has 1 atom stereocenters. The molecule has 0 saturated heterocycles. The zero-order chi connectivity index (χ0) is 28.3. The second kappa shape index (κ2) is 19.1. The quantitative estimate of drug-likeness (QED) is 0.167. The number of likely N-dealkylation sites (N-methyl/N-ethyl adjacent to an activating group) is 1. The average molecular weight is 583 g/mol. The van der Waals surface area contributed by atoms with Crippen LogP contribution in [0.4, 0.5) is 5.82 Å². The number of carbonyl (C=O) groups is 1. The minimum absolute atomic E-state index is 0.198. The summed E-state index contributed by atoms with van der Waals surface area (Å²) < 4.78 is 2.59. The van der Waals surface area contributed by atoms with Gasteiger partial charge in [-0.1, -0.05) is 69.8 Å². The van der Waals surface area contributed by atoms with E-state index in [1.165, 1.54) is 22.3 Å². The van der Waals surface area contributed by atoms with Gasteiger partial charge < -0.3 is 15.4 Å². The highest BCUT2D eigenvalue weighted by Crippen LogP contribution is 2.34. The molecule has 0 radical (unpaired) electrons. The van der Waals surface area contributed by atoms with Crippen molar-refractivity contribution >= 4 is 40.6 Å². The maximum absolute atomic E-state index is 10.6. The van der Waals surface area contributed by atoms with Gasteiger partial charge in [0.15, 0.2) is 5.82 Å². The van der Waals surface area contributed by atoms with E-state index in [2.05, 4.69) is 100 Å². The number of aliphatic imine (C=N–C) groups is 1. The number of nitrogens with zero attached hydrogens (tertiary/aromatic N) is 3. The van der Waals surface area contributed by atoms with Crippen LogP contribution in [0.25, 0.3) is 5.82 Å². The molecule has 2 aromatic rings. The molecular formula is C31H44BrN5O. The predicted octanol–water partition coefficient (Wildman–Crippen LogP) is 7.21. The third kappa shape index (κ3) is 10.4. The molecule has 2 N–H and O–H groups in total. The van der Waals surface area contributed by atoms with E-state index in [4.69, 9.17) is 0 Å². The maximum Gasteiger partial charge on any atom is 0.171 e. The Morgan fingerprint density at radius 1 is 1.24 bits per heavy atom. The van der Waals surface area contributed by atoms with E-state index in [0.717, 1.165) is 55.4 Å². The fraction of sp³-hybridized carbons (Fsp3) is 0.387. The van der Waals surface area contributed by atoms with Crippen molar-refractivity contribution in [2.45, 2.75) is 53.4 Å². The van der Waals surface area contributed by atoms with Crippen LogP contribution in [0.1, 0.15) is 51.2 Å². The van der Waals surface area contributed by atoms with Crippen LogP contribution in [0.2, 0.25) is 0 Å². The van der Waals surface area contributed by atoms with Crippen LogP contribution in [-0.2, 0) is 11.2 Å². The maximum atomic E-state index is 10.6. The van der Waals surface area contributed by atoms with E-state index >= 15 is 0 Å². The van der Waals surface area contributed by atoms with Gasteiger partial charge in [-0.2, -0.15) is 9.78 Å². The SMILES string of the molecule is C=C/C=C1/CC(C=O)C/C1=C/CC.C=Nc1c(Br)cnn1/C(=C\Cc1ccccc1C)NCCNC.CC. The fourth-order valence-electron chi connectivity index (χ4n) is 4.01. The van der Waals surface area contributed by atoms with Crippen molar-refractivity contribution in [2.75, 3.05) is 20.1 Å². The van der Waals surface area contributed by atoms with Crippen molar-refractivity contribution in [3.8, 4) is 0 Å². The number of halogens is 1. The van der Waals surface area contributed by atoms with E-state index in [0.29, 0.717) is 5.82 Å². The zero-order valence-corrected chi connectivity index (χ0v) is 25.2. The van der Waals surface area contributed by atoms with Crippen LogP contribution in [0.15, 0.2) is 82.0 Å². The smallest absolute Gasteiger partial charge is 0.171 e. The minimum atomic E-state index is 0.198. The van der Waals surface area contributed by atoms with Crippen LogP contribution in [0, 0.1) is 12.8 Å². The van der Waals surface area contributed by atoms with Crippen molar-refractivity contribution in [3.05, 3.63) is 88.1 Å². The van der Waals surface area contributed by atoms with E-state index in [-0.39, 0.29) is 5.92 Å². The van der Waals surface area contributed by atoms with Gasteiger partial charge in [0, 0.05) is 19.0 Å². The van der Waals surface area contributed by atoms with Gasteiger partial charge in [0.25, 0.3) is 0 Å². The second-order valence-electron chi connectivity index (χ2n) is 8.51. The lowest BCUT2D eigenvalue weighted by molar-refractivity contribution is -0.110. The highest BCUT2D eigenvalue weighted by Gasteiger charge is 2.22. The van der Waals surface area contributed by atoms with Crippen LogP contribution in [-0.4, -0.2) is 42.9 Å². The molecule has 1 aromatic carbocycles. The zero-order valence-electron chi connectivity index (χ0n) is 23.6. The van der Waals surface area contributed by atoms with Gasteiger partial charge in [0.05, 0.1) is 10.7 Å². The molecule has 1 saturated carbocycles. The Kier molecular flexibility index (Phi) is 16.6. The van der Waals surface area contributed by atoms with Gasteiger partial charge in [0.1, 0.15) is 12.1 Å². The second-order valence-corrected chi connectivity index (χ2v) is 9.36. The average Bonchev–Trinajstić information content (AvgIpc) is 3.51. The van der Waals surface area contributed by atoms with Crippen LogP contribution in [0.3, 0.4) is 0 Å². The van der Waals surface area contributed by atoms with Crippen LogP contribution < -0.4 is 10.6 Å². The van der Waals surface area contributed by atoms with Crippen molar-refractivity contribution in [1.82, 2.24) is 20.4 Å². The Hall–Kier alpha value is -3.03. The first-order chi connectivity index (χ1) is 18.5. The van der Waals surface area contributed by atoms with E-state index in [1.54, 1.807) is 17.0 Å². The third-order valence-electron chi connectivity index (χ3n) is 5.88. The standard InChI is InChI=1S/C17H22BrN5.C12H16O.C2H6/c1-13-6-4-5-7-14(13)8-9-16(21-11-10-19-2)23-17(20-3)15(18)12-22-23;1-3-5-11-7-10(9-13)8-12(11)6-4-2;1-2/h4-7,9,12,19,21H,3,8,10-11H2,1-2H3;3,5-6,9-10H,1,4,7-8H2,2H3;1-2H3/b16-9-;11-5-,12-6-;. The van der Waals surface area contributed by atoms with Crippen molar-refractivity contribution in [3.63, 3.8) is 0 Å². The number of rotatable bonds is 11. The Bertz CT molecular complexity index is 1110. The summed E-state index contributed by atoms with van der Waals surface area (Å²) in [6.45, 7) is 17.2. The molecule has 1 heterocycles. The summed E-state index contributed by atoms with van der Waals surface area (Å²) in [4.78, 5) is 14.7. The third-order valence-corrected chi connectivity index (χ3v) is 6.43. The molecule has 1 unspecified atom stereocenters. The van der Waals surface area contributed by atoms with Gasteiger partial charge >= 0.3 is 0 Å². The molecule has 0 spiro atoms. The van der Waals surface area contributed by atoms with Gasteiger partial charge in [-0.25, -0.2) is 4.99 Å². The molecule has 1 aliphatic rings. The molecular weight excluding hydrogens is 538 g/mol. The summed E-state index contributed by atoms with van der Waals surface area (Å²) >= 11 is 3.45. The summed E-state index contributed by atoms with van der Waals surface area (Å²) in [6.07, 6.45) is 14.6. The number of nitrogens with one attached hydrogen (secondary N) is 2.